The molecule has 0 aromatic heterocycles. The van der Waals surface area contributed by atoms with Crippen LogP contribution in [-0.4, -0.2) is 23.3 Å². The average Bonchev–Trinajstić information content (AvgIpc) is 3.09. The van der Waals surface area contributed by atoms with E-state index in [9.17, 15) is 14.7 Å². The molecular formula is C30H46O3. The molecule has 0 radical (unpaired) electrons. The minimum Gasteiger partial charge on any atom is -0.389 e. The molecular weight excluding hydrogens is 408 g/mol. The summed E-state index contributed by atoms with van der Waals surface area (Å²) in [6.45, 7) is 18.3. The lowest BCUT2D eigenvalue weighted by Crippen LogP contribution is -2.63. The number of aldehydes is 1. The Morgan fingerprint density at radius 2 is 1.70 bits per heavy atom. The molecule has 0 spiro atoms. The third-order valence-electron chi connectivity index (χ3n) is 11.8. The largest absolute Gasteiger partial charge is 0.389 e. The van der Waals surface area contributed by atoms with Crippen LogP contribution in [0.5, 0.6) is 0 Å². The molecule has 0 aromatic rings. The Kier molecular flexibility index (Phi) is 6.17. The van der Waals surface area contributed by atoms with E-state index in [1.165, 1.54) is 32.1 Å². The summed E-state index contributed by atoms with van der Waals surface area (Å²) >= 11 is 0. The number of hydrogen-bond donors (Lipinski definition) is 1. The number of hydrogen-bond acceptors (Lipinski definition) is 3. The quantitative estimate of drug-likeness (QED) is 0.286. The lowest BCUT2D eigenvalue weighted by molar-refractivity contribution is -0.201. The van der Waals surface area contributed by atoms with E-state index in [4.69, 9.17) is 0 Å². The molecule has 0 bridgehead atoms. The molecule has 4 fully saturated rings. The molecule has 184 valence electrons. The van der Waals surface area contributed by atoms with Gasteiger partial charge in [-0.2, -0.15) is 0 Å². The van der Waals surface area contributed by atoms with Gasteiger partial charge >= 0.3 is 0 Å². The third-order valence-corrected chi connectivity index (χ3v) is 11.8. The molecule has 4 saturated carbocycles. The monoisotopic (exact) mass is 454 g/mol. The van der Waals surface area contributed by atoms with Crippen molar-refractivity contribution >= 4 is 12.1 Å². The predicted octanol–water partition coefficient (Wildman–Crippen LogP) is 6.69. The van der Waals surface area contributed by atoms with Crippen LogP contribution < -0.4 is 0 Å². The van der Waals surface area contributed by atoms with Gasteiger partial charge < -0.3 is 5.11 Å². The summed E-state index contributed by atoms with van der Waals surface area (Å²) in [7, 11) is 0. The lowest BCUT2D eigenvalue weighted by atomic mass is 9.35. The van der Waals surface area contributed by atoms with E-state index in [0.717, 1.165) is 31.1 Å². The maximum Gasteiger partial charge on any atom is 0.145 e. The van der Waals surface area contributed by atoms with Gasteiger partial charge in [-0.3, -0.25) is 9.59 Å². The maximum absolute atomic E-state index is 12.8. The highest BCUT2D eigenvalue weighted by molar-refractivity contribution is 5.85. The van der Waals surface area contributed by atoms with E-state index in [1.807, 2.05) is 0 Å². The first-order valence-corrected chi connectivity index (χ1v) is 13.3. The third kappa shape index (κ3) is 3.55. The highest BCUT2D eigenvalue weighted by atomic mass is 16.3. The number of carbonyl (C=O) groups is 2. The van der Waals surface area contributed by atoms with E-state index in [0.29, 0.717) is 46.9 Å². The van der Waals surface area contributed by atoms with Gasteiger partial charge in [-0.25, -0.2) is 0 Å². The van der Waals surface area contributed by atoms with E-state index >= 15 is 0 Å². The van der Waals surface area contributed by atoms with Crippen molar-refractivity contribution in [1.82, 2.24) is 0 Å². The standard InChI is InChI=1S/C30H46O3/c1-19(18-31)16-21(32)17-20(2)22-10-14-29(6)23(22)8-9-25-28(5)13-12-26(33)27(3,4)24(28)11-15-30(25,29)7/h16,18,21-25,32H,2,8-15,17H2,1,3-7H3/b19-16+/t21-,22+,23+,24-,25+,28-,29+,30+/m0/s1. The number of aliphatic hydroxyl groups excluding tert-OH is 1. The van der Waals surface area contributed by atoms with Crippen LogP contribution in [0.4, 0.5) is 0 Å². The first kappa shape index (κ1) is 24.9. The fourth-order valence-corrected chi connectivity index (χ4v) is 9.85. The molecule has 4 aliphatic rings. The van der Waals surface area contributed by atoms with Crippen LogP contribution in [0, 0.1) is 45.3 Å². The van der Waals surface area contributed by atoms with Crippen molar-refractivity contribution in [3.8, 4) is 0 Å². The zero-order valence-electron chi connectivity index (χ0n) is 21.9. The highest BCUT2D eigenvalue weighted by Crippen LogP contribution is 2.75. The van der Waals surface area contributed by atoms with Crippen molar-refractivity contribution in [2.24, 2.45) is 45.3 Å². The molecule has 0 aromatic carbocycles. The molecule has 33 heavy (non-hydrogen) atoms. The second-order valence-electron chi connectivity index (χ2n) is 13.4. The van der Waals surface area contributed by atoms with Gasteiger partial charge in [0, 0.05) is 11.8 Å². The number of fused-ring (bicyclic) bond motifs is 5. The summed E-state index contributed by atoms with van der Waals surface area (Å²) in [6.07, 6.45) is 11.5. The van der Waals surface area contributed by atoms with Gasteiger partial charge in [0.2, 0.25) is 0 Å². The van der Waals surface area contributed by atoms with Crippen molar-refractivity contribution in [1.29, 1.82) is 0 Å². The number of ketones is 1. The van der Waals surface area contributed by atoms with Gasteiger partial charge in [0.25, 0.3) is 0 Å². The summed E-state index contributed by atoms with van der Waals surface area (Å²) < 4.78 is 0. The normalized spacial score (nSPS) is 45.5. The minimum absolute atomic E-state index is 0.193. The predicted molar refractivity (Wildman–Crippen MR) is 134 cm³/mol. The van der Waals surface area contributed by atoms with Crippen LogP contribution in [0.1, 0.15) is 99.3 Å². The smallest absolute Gasteiger partial charge is 0.145 e. The molecule has 8 atom stereocenters. The van der Waals surface area contributed by atoms with Gasteiger partial charge in [-0.05, 0) is 110 Å². The van der Waals surface area contributed by atoms with Crippen molar-refractivity contribution < 1.29 is 14.7 Å². The fraction of sp³-hybridized carbons (Fsp3) is 0.800. The van der Waals surface area contributed by atoms with Gasteiger partial charge in [-0.1, -0.05) is 46.8 Å². The number of rotatable bonds is 5. The minimum atomic E-state index is -0.627. The maximum atomic E-state index is 12.8. The summed E-state index contributed by atoms with van der Waals surface area (Å²) in [5, 5.41) is 10.5. The molecule has 0 unspecified atom stereocenters. The Bertz CT molecular complexity index is 868. The molecule has 3 nitrogen and oxygen atoms in total. The molecule has 4 rings (SSSR count). The van der Waals surface area contributed by atoms with Crippen molar-refractivity contribution in [2.45, 2.75) is 105 Å². The van der Waals surface area contributed by atoms with E-state index < -0.39 is 6.10 Å². The van der Waals surface area contributed by atoms with Crippen molar-refractivity contribution in [2.75, 3.05) is 0 Å². The van der Waals surface area contributed by atoms with Gasteiger partial charge in [0.05, 0.1) is 6.10 Å². The van der Waals surface area contributed by atoms with Crippen LogP contribution >= 0.6 is 0 Å². The van der Waals surface area contributed by atoms with E-state index in [1.54, 1.807) is 13.0 Å². The number of carbonyl (C=O) groups excluding carboxylic acids is 2. The van der Waals surface area contributed by atoms with Gasteiger partial charge in [0.1, 0.15) is 12.1 Å². The van der Waals surface area contributed by atoms with Gasteiger partial charge in [0.15, 0.2) is 0 Å². The SMILES string of the molecule is C=C(C[C@@H](O)/C=C(\C)C=O)[C@H]1CC[C@]2(C)[C@@H]1CC[C@@H]1[C@@]3(C)CCC(=O)C(C)(C)[C@@H]3CC[C@]12C. The Labute approximate surface area is 201 Å². The number of allylic oxidation sites excluding steroid dienone is 1. The van der Waals surface area contributed by atoms with Crippen LogP contribution in [-0.2, 0) is 9.59 Å². The summed E-state index contributed by atoms with van der Waals surface area (Å²) in [6, 6.07) is 0. The molecule has 3 heteroatoms. The van der Waals surface area contributed by atoms with Crippen molar-refractivity contribution in [3.05, 3.63) is 23.8 Å². The number of Topliss-reactive ketones (excluding diaryl/α,β-unsaturated/α-hetero) is 1. The second-order valence-corrected chi connectivity index (χ2v) is 13.4. The summed E-state index contributed by atoms with van der Waals surface area (Å²) in [4.78, 5) is 23.8. The molecule has 0 aliphatic heterocycles. The summed E-state index contributed by atoms with van der Waals surface area (Å²) in [5.74, 6) is 2.73. The molecule has 1 N–H and O–H groups in total. The first-order valence-electron chi connectivity index (χ1n) is 13.3. The lowest BCUT2D eigenvalue weighted by Gasteiger charge is -2.69. The molecule has 0 heterocycles. The Morgan fingerprint density at radius 3 is 2.36 bits per heavy atom. The zero-order chi connectivity index (χ0) is 24.4. The van der Waals surface area contributed by atoms with Crippen LogP contribution in [0.15, 0.2) is 23.8 Å². The zero-order valence-corrected chi connectivity index (χ0v) is 21.9. The average molecular weight is 455 g/mol. The van der Waals surface area contributed by atoms with Crippen LogP contribution in [0.2, 0.25) is 0 Å². The second kappa shape index (κ2) is 8.18. The molecule has 4 aliphatic carbocycles. The molecule has 0 saturated heterocycles. The van der Waals surface area contributed by atoms with E-state index in [2.05, 4.69) is 41.2 Å². The van der Waals surface area contributed by atoms with Crippen LogP contribution in [0.3, 0.4) is 0 Å². The topological polar surface area (TPSA) is 54.4 Å². The summed E-state index contributed by atoms with van der Waals surface area (Å²) in [5.41, 5.74) is 2.38. The Hall–Kier alpha value is -1.22. The number of aliphatic hydroxyl groups is 1. The highest BCUT2D eigenvalue weighted by Gasteiger charge is 2.68. The van der Waals surface area contributed by atoms with Crippen LogP contribution in [0.25, 0.3) is 0 Å². The first-order chi connectivity index (χ1) is 15.3. The Morgan fingerprint density at radius 1 is 1.03 bits per heavy atom. The Balaban J connectivity index is 1.58. The molecule has 0 amide bonds. The van der Waals surface area contributed by atoms with Gasteiger partial charge in [-0.15, -0.1) is 0 Å². The fourth-order valence-electron chi connectivity index (χ4n) is 9.85. The van der Waals surface area contributed by atoms with E-state index in [-0.39, 0.29) is 16.2 Å². The van der Waals surface area contributed by atoms with Crippen molar-refractivity contribution in [3.63, 3.8) is 0 Å².